The van der Waals surface area contributed by atoms with Crippen LogP contribution in [0.5, 0.6) is 5.88 Å². The lowest BCUT2D eigenvalue weighted by molar-refractivity contribution is 0.326. The van der Waals surface area contributed by atoms with Crippen LogP contribution in [-0.2, 0) is 0 Å². The van der Waals surface area contributed by atoms with Gasteiger partial charge in [-0.3, -0.25) is 9.17 Å². The number of aromatic amines is 1. The van der Waals surface area contributed by atoms with E-state index in [9.17, 15) is 4.79 Å². The highest BCUT2D eigenvalue weighted by Crippen LogP contribution is 1.95. The minimum atomic E-state index is -0.248. The number of nitrogens with zero attached hydrogens (tertiary/aromatic N) is 1. The van der Waals surface area contributed by atoms with E-state index in [1.54, 1.807) is 6.92 Å². The van der Waals surface area contributed by atoms with Crippen molar-refractivity contribution in [3.8, 4) is 5.88 Å². The largest absolute Gasteiger partial charge is 0.473 e. The van der Waals surface area contributed by atoms with E-state index in [-0.39, 0.29) is 11.4 Å². The van der Waals surface area contributed by atoms with Gasteiger partial charge in [0.05, 0.1) is 6.61 Å². The predicted octanol–water partition coefficient (Wildman–Crippen LogP) is 0.230. The molecule has 1 heterocycles. The van der Waals surface area contributed by atoms with E-state index in [0.29, 0.717) is 6.61 Å². The summed E-state index contributed by atoms with van der Waals surface area (Å²) < 4.78 is 10.9. The van der Waals surface area contributed by atoms with Gasteiger partial charge >= 0.3 is 5.56 Å². The SMILES string of the molecule is CCOc1ns[nH]c1=O. The first-order valence-corrected chi connectivity index (χ1v) is 3.29. The molecular formula is C4H6N2O2S. The van der Waals surface area contributed by atoms with Crippen LogP contribution < -0.4 is 10.3 Å². The average Bonchev–Trinajstić information content (AvgIpc) is 2.18. The average molecular weight is 146 g/mol. The lowest BCUT2D eigenvalue weighted by Gasteiger charge is -1.90. The van der Waals surface area contributed by atoms with Crippen LogP contribution >= 0.6 is 11.7 Å². The summed E-state index contributed by atoms with van der Waals surface area (Å²) in [7, 11) is 0. The lowest BCUT2D eigenvalue weighted by atomic mass is 10.8. The summed E-state index contributed by atoms with van der Waals surface area (Å²) in [6, 6.07) is 0. The molecule has 0 aliphatic carbocycles. The van der Waals surface area contributed by atoms with Crippen LogP contribution in [0.1, 0.15) is 6.92 Å². The van der Waals surface area contributed by atoms with Gasteiger partial charge in [0, 0.05) is 11.7 Å². The highest BCUT2D eigenvalue weighted by molar-refractivity contribution is 6.99. The minimum Gasteiger partial charge on any atom is -0.473 e. The highest BCUT2D eigenvalue weighted by atomic mass is 32.1. The molecule has 1 rings (SSSR count). The van der Waals surface area contributed by atoms with Crippen LogP contribution in [0.4, 0.5) is 0 Å². The second-order valence-corrected chi connectivity index (χ2v) is 1.92. The first-order chi connectivity index (χ1) is 4.34. The van der Waals surface area contributed by atoms with Gasteiger partial charge in [-0.1, -0.05) is 0 Å². The lowest BCUT2D eigenvalue weighted by Crippen LogP contribution is -2.04. The smallest absolute Gasteiger partial charge is 0.321 e. The number of rotatable bonds is 2. The zero-order chi connectivity index (χ0) is 6.69. The van der Waals surface area contributed by atoms with Crippen molar-refractivity contribution in [1.82, 2.24) is 8.75 Å². The molecule has 0 saturated heterocycles. The van der Waals surface area contributed by atoms with Gasteiger partial charge in [-0.05, 0) is 6.92 Å². The molecule has 1 N–H and O–H groups in total. The number of nitrogens with one attached hydrogen (secondary N) is 1. The van der Waals surface area contributed by atoms with E-state index < -0.39 is 0 Å². The molecule has 9 heavy (non-hydrogen) atoms. The fourth-order valence-electron chi connectivity index (χ4n) is 0.419. The van der Waals surface area contributed by atoms with Gasteiger partial charge < -0.3 is 4.74 Å². The maximum atomic E-state index is 10.6. The molecule has 0 atom stereocenters. The van der Waals surface area contributed by atoms with Crippen molar-refractivity contribution in [1.29, 1.82) is 0 Å². The second kappa shape index (κ2) is 2.63. The Labute approximate surface area is 55.8 Å². The molecule has 0 bridgehead atoms. The van der Waals surface area contributed by atoms with Crippen molar-refractivity contribution < 1.29 is 4.74 Å². The standard InChI is InChI=1S/C4H6N2O2S/c1-2-8-4-3(7)5-9-6-4/h2H2,1H3,(H,5,7). The summed E-state index contributed by atoms with van der Waals surface area (Å²) >= 11 is 0.994. The van der Waals surface area contributed by atoms with E-state index in [4.69, 9.17) is 4.74 Å². The molecule has 4 nitrogen and oxygen atoms in total. The number of hydrogen-bond acceptors (Lipinski definition) is 4. The molecule has 0 unspecified atom stereocenters. The molecule has 50 valence electrons. The molecule has 1 aromatic rings. The molecule has 0 spiro atoms. The molecule has 0 aliphatic rings. The van der Waals surface area contributed by atoms with Crippen molar-refractivity contribution >= 4 is 11.7 Å². The molecule has 0 fully saturated rings. The van der Waals surface area contributed by atoms with E-state index >= 15 is 0 Å². The van der Waals surface area contributed by atoms with Gasteiger partial charge in [0.1, 0.15) is 0 Å². The van der Waals surface area contributed by atoms with Crippen LogP contribution in [0.3, 0.4) is 0 Å². The summed E-state index contributed by atoms with van der Waals surface area (Å²) in [5.41, 5.74) is -0.248. The van der Waals surface area contributed by atoms with Gasteiger partial charge in [0.15, 0.2) is 0 Å². The van der Waals surface area contributed by atoms with E-state index in [0.717, 1.165) is 11.7 Å². The number of aromatic nitrogens is 2. The van der Waals surface area contributed by atoms with Gasteiger partial charge in [-0.25, -0.2) is 0 Å². The van der Waals surface area contributed by atoms with Gasteiger partial charge in [0.25, 0.3) is 5.88 Å². The number of hydrogen-bond donors (Lipinski definition) is 1. The molecule has 1 aromatic heterocycles. The first kappa shape index (κ1) is 6.28. The Morgan fingerprint density at radius 1 is 1.89 bits per heavy atom. The third kappa shape index (κ3) is 1.29. The zero-order valence-corrected chi connectivity index (χ0v) is 5.70. The number of H-pyrrole nitrogens is 1. The van der Waals surface area contributed by atoms with Crippen LogP contribution in [0.25, 0.3) is 0 Å². The topological polar surface area (TPSA) is 55.0 Å². The van der Waals surface area contributed by atoms with Crippen LogP contribution in [-0.4, -0.2) is 15.4 Å². The van der Waals surface area contributed by atoms with Crippen molar-refractivity contribution in [3.05, 3.63) is 10.4 Å². The Bertz CT molecular complexity index is 228. The summed E-state index contributed by atoms with van der Waals surface area (Å²) in [6.45, 7) is 2.28. The monoisotopic (exact) mass is 146 g/mol. The Morgan fingerprint density at radius 3 is 3.11 bits per heavy atom. The quantitative estimate of drug-likeness (QED) is 0.649. The Balaban J connectivity index is 2.81. The van der Waals surface area contributed by atoms with Gasteiger partial charge in [-0.15, -0.1) is 4.37 Å². The second-order valence-electron chi connectivity index (χ2n) is 1.35. The summed E-state index contributed by atoms with van der Waals surface area (Å²) in [4.78, 5) is 10.6. The third-order valence-corrected chi connectivity index (χ3v) is 1.28. The van der Waals surface area contributed by atoms with Crippen LogP contribution in [0.15, 0.2) is 4.79 Å². The number of ether oxygens (including phenoxy) is 1. The summed E-state index contributed by atoms with van der Waals surface area (Å²) in [5, 5.41) is 0. The third-order valence-electron chi connectivity index (χ3n) is 0.742. The fourth-order valence-corrected chi connectivity index (χ4v) is 0.854. The molecule has 0 amide bonds. The van der Waals surface area contributed by atoms with Crippen molar-refractivity contribution in [2.75, 3.05) is 6.61 Å². The summed E-state index contributed by atoms with van der Waals surface area (Å²) in [6.07, 6.45) is 0. The van der Waals surface area contributed by atoms with E-state index in [2.05, 4.69) is 8.75 Å². The van der Waals surface area contributed by atoms with Crippen LogP contribution in [0, 0.1) is 0 Å². The van der Waals surface area contributed by atoms with E-state index in [1.807, 2.05) is 0 Å². The normalized spacial score (nSPS) is 9.44. The maximum Gasteiger partial charge on any atom is 0.321 e. The maximum absolute atomic E-state index is 10.6. The molecule has 5 heteroatoms. The van der Waals surface area contributed by atoms with Crippen molar-refractivity contribution in [2.24, 2.45) is 0 Å². The Morgan fingerprint density at radius 2 is 2.67 bits per heavy atom. The Kier molecular flexibility index (Phi) is 1.84. The first-order valence-electron chi connectivity index (χ1n) is 2.51. The van der Waals surface area contributed by atoms with Gasteiger partial charge in [0.2, 0.25) is 0 Å². The molecular weight excluding hydrogens is 140 g/mol. The summed E-state index contributed by atoms with van der Waals surface area (Å²) in [5.74, 6) is 0.169. The molecule has 0 saturated carbocycles. The zero-order valence-electron chi connectivity index (χ0n) is 4.88. The fraction of sp³-hybridized carbons (Fsp3) is 0.500. The van der Waals surface area contributed by atoms with Crippen LogP contribution in [0.2, 0.25) is 0 Å². The minimum absolute atomic E-state index is 0.169. The highest BCUT2D eigenvalue weighted by Gasteiger charge is 1.99. The van der Waals surface area contributed by atoms with Gasteiger partial charge in [-0.2, -0.15) is 0 Å². The Hall–Kier alpha value is -0.840. The van der Waals surface area contributed by atoms with Crippen molar-refractivity contribution in [2.45, 2.75) is 6.92 Å². The predicted molar refractivity (Wildman–Crippen MR) is 33.9 cm³/mol. The molecule has 0 radical (unpaired) electrons. The van der Waals surface area contributed by atoms with E-state index in [1.165, 1.54) is 0 Å². The van der Waals surface area contributed by atoms with Crippen molar-refractivity contribution in [3.63, 3.8) is 0 Å². The molecule has 0 aromatic carbocycles. The molecule has 0 aliphatic heterocycles.